The van der Waals surface area contributed by atoms with Gasteiger partial charge in [-0.1, -0.05) is 36.4 Å². The number of ketones is 1. The highest BCUT2D eigenvalue weighted by Gasteiger charge is 2.53. The lowest BCUT2D eigenvalue weighted by Gasteiger charge is -2.22. The SMILES string of the molecule is O=C(O)[C@@H](O)[C@@](O)(C(=O)O)C(=O)/C=C/c1ccccc1. The van der Waals surface area contributed by atoms with Crippen LogP contribution in [-0.4, -0.2) is 49.9 Å². The summed E-state index contributed by atoms with van der Waals surface area (Å²) in [5, 5.41) is 36.2. The molecule has 0 radical (unpaired) electrons. The number of aliphatic hydroxyl groups excluding tert-OH is 1. The highest BCUT2D eigenvalue weighted by atomic mass is 16.4. The van der Waals surface area contributed by atoms with Gasteiger partial charge in [-0.3, -0.25) is 4.79 Å². The summed E-state index contributed by atoms with van der Waals surface area (Å²) in [4.78, 5) is 33.2. The predicted molar refractivity (Wildman–Crippen MR) is 66.7 cm³/mol. The minimum Gasteiger partial charge on any atom is -0.479 e. The van der Waals surface area contributed by atoms with Crippen LogP contribution in [0.2, 0.25) is 0 Å². The molecule has 0 saturated heterocycles. The Morgan fingerprint density at radius 1 is 1.10 bits per heavy atom. The van der Waals surface area contributed by atoms with Gasteiger partial charge < -0.3 is 20.4 Å². The number of carboxylic acids is 2. The second-order valence-corrected chi connectivity index (χ2v) is 3.92. The molecule has 1 rings (SSSR count). The molecule has 0 bridgehead atoms. The summed E-state index contributed by atoms with van der Waals surface area (Å²) in [7, 11) is 0. The quantitative estimate of drug-likeness (QED) is 0.409. The molecule has 7 nitrogen and oxygen atoms in total. The van der Waals surface area contributed by atoms with Gasteiger partial charge in [0.05, 0.1) is 0 Å². The highest BCUT2D eigenvalue weighted by Crippen LogP contribution is 2.15. The molecule has 0 fully saturated rings. The number of carbonyl (C=O) groups excluding carboxylic acids is 1. The van der Waals surface area contributed by atoms with Gasteiger partial charge in [0.15, 0.2) is 6.10 Å². The van der Waals surface area contributed by atoms with Crippen molar-refractivity contribution in [3.63, 3.8) is 0 Å². The molecule has 0 aromatic heterocycles. The first-order valence-electron chi connectivity index (χ1n) is 5.44. The molecule has 0 unspecified atom stereocenters. The zero-order valence-electron chi connectivity index (χ0n) is 10.1. The van der Waals surface area contributed by atoms with Crippen molar-refractivity contribution in [1.29, 1.82) is 0 Å². The van der Waals surface area contributed by atoms with E-state index < -0.39 is 29.4 Å². The van der Waals surface area contributed by atoms with E-state index in [4.69, 9.17) is 10.2 Å². The molecule has 0 aliphatic carbocycles. The van der Waals surface area contributed by atoms with E-state index in [1.54, 1.807) is 30.3 Å². The van der Waals surface area contributed by atoms with E-state index in [2.05, 4.69) is 0 Å². The standard InChI is InChI=1S/C13H12O7/c14-9(7-6-8-4-2-1-3-5-8)13(20,12(18)19)10(15)11(16)17/h1-7,10,15,20H,(H,16,17)(H,18,19)/b7-6+/t10-,13-/m1/s1. The Bertz CT molecular complexity index is 549. The fourth-order valence-electron chi connectivity index (χ4n) is 1.40. The van der Waals surface area contributed by atoms with Gasteiger partial charge in [-0.2, -0.15) is 0 Å². The summed E-state index contributed by atoms with van der Waals surface area (Å²) in [5.41, 5.74) is -2.89. The van der Waals surface area contributed by atoms with Gasteiger partial charge in [0.2, 0.25) is 5.78 Å². The fraction of sp³-hybridized carbons (Fsp3) is 0.154. The zero-order chi connectivity index (χ0) is 15.3. The zero-order valence-corrected chi connectivity index (χ0v) is 10.1. The second-order valence-electron chi connectivity index (χ2n) is 3.92. The van der Waals surface area contributed by atoms with E-state index in [0.717, 1.165) is 0 Å². The van der Waals surface area contributed by atoms with Crippen molar-refractivity contribution in [1.82, 2.24) is 0 Å². The number of benzene rings is 1. The van der Waals surface area contributed by atoms with E-state index in [9.17, 15) is 24.6 Å². The Morgan fingerprint density at radius 2 is 1.65 bits per heavy atom. The minimum atomic E-state index is -3.43. The number of carboxylic acid groups (broad SMARTS) is 2. The van der Waals surface area contributed by atoms with Gasteiger partial charge in [-0.15, -0.1) is 0 Å². The van der Waals surface area contributed by atoms with Crippen molar-refractivity contribution < 1.29 is 34.8 Å². The molecular weight excluding hydrogens is 268 g/mol. The van der Waals surface area contributed by atoms with Gasteiger partial charge >= 0.3 is 11.9 Å². The summed E-state index contributed by atoms with van der Waals surface area (Å²) < 4.78 is 0. The largest absolute Gasteiger partial charge is 0.479 e. The molecule has 0 heterocycles. The van der Waals surface area contributed by atoms with Crippen molar-refractivity contribution in [3.8, 4) is 0 Å². The maximum Gasteiger partial charge on any atom is 0.347 e. The van der Waals surface area contributed by atoms with Crippen LogP contribution in [0.1, 0.15) is 5.56 Å². The first-order valence-corrected chi connectivity index (χ1v) is 5.44. The smallest absolute Gasteiger partial charge is 0.347 e. The van der Waals surface area contributed by atoms with E-state index >= 15 is 0 Å². The third kappa shape index (κ3) is 3.08. The van der Waals surface area contributed by atoms with Gasteiger partial charge in [-0.25, -0.2) is 9.59 Å². The maximum atomic E-state index is 11.7. The molecule has 106 valence electrons. The molecule has 2 atom stereocenters. The van der Waals surface area contributed by atoms with Crippen molar-refractivity contribution in [2.75, 3.05) is 0 Å². The third-order valence-corrected chi connectivity index (χ3v) is 2.56. The van der Waals surface area contributed by atoms with Gasteiger partial charge in [0, 0.05) is 0 Å². The Balaban J connectivity index is 3.05. The van der Waals surface area contributed by atoms with Crippen LogP contribution in [0.4, 0.5) is 0 Å². The molecule has 0 aliphatic rings. The summed E-state index contributed by atoms with van der Waals surface area (Å²) in [6, 6.07) is 8.27. The number of hydrogen-bond donors (Lipinski definition) is 4. The van der Waals surface area contributed by atoms with Crippen molar-refractivity contribution in [2.24, 2.45) is 0 Å². The van der Waals surface area contributed by atoms with Crippen LogP contribution in [-0.2, 0) is 14.4 Å². The summed E-state index contributed by atoms with van der Waals surface area (Å²) in [6.45, 7) is 0. The molecule has 0 spiro atoms. The van der Waals surface area contributed by atoms with Gasteiger partial charge in [-0.05, 0) is 11.6 Å². The third-order valence-electron chi connectivity index (χ3n) is 2.56. The van der Waals surface area contributed by atoms with Crippen LogP contribution < -0.4 is 0 Å². The Kier molecular flexibility index (Phi) is 4.73. The molecule has 1 aromatic carbocycles. The average Bonchev–Trinajstić information content (AvgIpc) is 2.43. The monoisotopic (exact) mass is 280 g/mol. The molecule has 0 saturated carbocycles. The molecule has 7 heteroatoms. The summed E-state index contributed by atoms with van der Waals surface area (Å²) >= 11 is 0. The van der Waals surface area contributed by atoms with E-state index in [-0.39, 0.29) is 0 Å². The Hall–Kier alpha value is -2.51. The fourth-order valence-corrected chi connectivity index (χ4v) is 1.40. The van der Waals surface area contributed by atoms with Crippen molar-refractivity contribution in [2.45, 2.75) is 11.7 Å². The lowest BCUT2D eigenvalue weighted by atomic mass is 9.91. The number of aliphatic hydroxyl groups is 2. The predicted octanol–water partition coefficient (Wildman–Crippen LogP) is -0.470. The normalized spacial score (nSPS) is 15.5. The van der Waals surface area contributed by atoms with Crippen molar-refractivity contribution >= 4 is 23.8 Å². The Morgan fingerprint density at radius 3 is 2.10 bits per heavy atom. The molecule has 1 aromatic rings. The number of hydrogen-bond acceptors (Lipinski definition) is 5. The molecular formula is C13H12O7. The Labute approximate surface area is 113 Å². The van der Waals surface area contributed by atoms with Crippen LogP contribution in [0.25, 0.3) is 6.08 Å². The van der Waals surface area contributed by atoms with E-state index in [0.29, 0.717) is 11.6 Å². The summed E-state index contributed by atoms with van der Waals surface area (Å²) in [6.07, 6.45) is -0.867. The topological polar surface area (TPSA) is 132 Å². The van der Waals surface area contributed by atoms with Crippen molar-refractivity contribution in [3.05, 3.63) is 42.0 Å². The van der Waals surface area contributed by atoms with Crippen LogP contribution >= 0.6 is 0 Å². The maximum absolute atomic E-state index is 11.7. The highest BCUT2D eigenvalue weighted by molar-refractivity contribution is 6.16. The minimum absolute atomic E-state index is 0.540. The van der Waals surface area contributed by atoms with E-state index in [1.807, 2.05) is 0 Å². The summed E-state index contributed by atoms with van der Waals surface area (Å²) in [5.74, 6) is -5.60. The lowest BCUT2D eigenvalue weighted by molar-refractivity contribution is -0.184. The average molecular weight is 280 g/mol. The van der Waals surface area contributed by atoms with Gasteiger partial charge in [0.25, 0.3) is 5.60 Å². The molecule has 4 N–H and O–H groups in total. The number of carbonyl (C=O) groups is 3. The van der Waals surface area contributed by atoms with Gasteiger partial charge in [0.1, 0.15) is 0 Å². The van der Waals surface area contributed by atoms with Crippen LogP contribution in [0.3, 0.4) is 0 Å². The van der Waals surface area contributed by atoms with Crippen LogP contribution in [0.5, 0.6) is 0 Å². The molecule has 20 heavy (non-hydrogen) atoms. The lowest BCUT2D eigenvalue weighted by Crippen LogP contribution is -2.58. The van der Waals surface area contributed by atoms with E-state index in [1.165, 1.54) is 6.08 Å². The number of aliphatic carboxylic acids is 2. The van der Waals surface area contributed by atoms with Crippen LogP contribution in [0, 0.1) is 0 Å². The number of rotatable bonds is 6. The first-order chi connectivity index (χ1) is 9.30. The second kappa shape index (κ2) is 6.09. The first kappa shape index (κ1) is 15.5. The van der Waals surface area contributed by atoms with Crippen LogP contribution in [0.15, 0.2) is 36.4 Å². The molecule has 0 aliphatic heterocycles. The molecule has 0 amide bonds.